The molecule has 1 heterocycles. The normalized spacial score (nSPS) is 11.1. The molecule has 5 heteroatoms. The van der Waals surface area contributed by atoms with Crippen molar-refractivity contribution < 1.29 is 4.74 Å². The first-order chi connectivity index (χ1) is 10.3. The molecule has 0 spiro atoms. The van der Waals surface area contributed by atoms with E-state index >= 15 is 0 Å². The van der Waals surface area contributed by atoms with Gasteiger partial charge in [0.1, 0.15) is 0 Å². The standard InChI is InChI=1S/C16H23N3O2/c1-2-3-11-21-12-9-17-8-10-19-16(20)15-7-5-4-6-14(15)13-18-19/h4-7,13,17H,2-3,8-12H2,1H3. The number of fused-ring (bicyclic) bond motifs is 1. The number of hydrogen-bond acceptors (Lipinski definition) is 4. The van der Waals surface area contributed by atoms with Crippen molar-refractivity contribution in [1.29, 1.82) is 0 Å². The minimum Gasteiger partial charge on any atom is -0.380 e. The van der Waals surface area contributed by atoms with E-state index < -0.39 is 0 Å². The fourth-order valence-electron chi connectivity index (χ4n) is 2.09. The number of benzene rings is 1. The maximum absolute atomic E-state index is 12.2. The number of nitrogens with one attached hydrogen (secondary N) is 1. The van der Waals surface area contributed by atoms with Gasteiger partial charge in [0.15, 0.2) is 0 Å². The molecule has 0 aliphatic carbocycles. The Labute approximate surface area is 124 Å². The lowest BCUT2D eigenvalue weighted by atomic mass is 10.2. The Hall–Kier alpha value is -1.72. The van der Waals surface area contributed by atoms with Crippen LogP contribution < -0.4 is 10.9 Å². The molecule has 114 valence electrons. The van der Waals surface area contributed by atoms with E-state index in [-0.39, 0.29) is 5.56 Å². The molecule has 1 N–H and O–H groups in total. The quantitative estimate of drug-likeness (QED) is 0.715. The Balaban J connectivity index is 1.76. The molecule has 1 aromatic carbocycles. The molecule has 0 amide bonds. The van der Waals surface area contributed by atoms with Gasteiger partial charge in [-0.05, 0) is 12.5 Å². The summed E-state index contributed by atoms with van der Waals surface area (Å²) in [5, 5.41) is 9.06. The lowest BCUT2D eigenvalue weighted by molar-refractivity contribution is 0.133. The molecular formula is C16H23N3O2. The fourth-order valence-corrected chi connectivity index (χ4v) is 2.09. The monoisotopic (exact) mass is 289 g/mol. The van der Waals surface area contributed by atoms with E-state index in [4.69, 9.17) is 4.74 Å². The Morgan fingerprint density at radius 3 is 2.95 bits per heavy atom. The highest BCUT2D eigenvalue weighted by molar-refractivity contribution is 5.80. The SMILES string of the molecule is CCCCOCCNCCn1ncc2ccccc2c1=O. The second-order valence-electron chi connectivity index (χ2n) is 4.98. The van der Waals surface area contributed by atoms with E-state index in [0.29, 0.717) is 19.7 Å². The van der Waals surface area contributed by atoms with E-state index in [1.54, 1.807) is 6.20 Å². The molecule has 21 heavy (non-hydrogen) atoms. The van der Waals surface area contributed by atoms with Crippen LogP contribution in [-0.4, -0.2) is 36.1 Å². The molecule has 0 aliphatic rings. The summed E-state index contributed by atoms with van der Waals surface area (Å²) in [4.78, 5) is 12.2. The average Bonchev–Trinajstić information content (AvgIpc) is 2.52. The number of unbranched alkanes of at least 4 members (excludes halogenated alkanes) is 1. The van der Waals surface area contributed by atoms with Crippen LogP contribution in [0.25, 0.3) is 10.8 Å². The van der Waals surface area contributed by atoms with Gasteiger partial charge in [0.05, 0.1) is 24.7 Å². The molecule has 0 aliphatic heterocycles. The minimum absolute atomic E-state index is 0.0332. The Morgan fingerprint density at radius 2 is 2.10 bits per heavy atom. The average molecular weight is 289 g/mol. The van der Waals surface area contributed by atoms with Gasteiger partial charge in [-0.2, -0.15) is 5.10 Å². The molecule has 2 rings (SSSR count). The number of rotatable bonds is 9. The predicted octanol–water partition coefficient (Wildman–Crippen LogP) is 1.80. The molecule has 0 fully saturated rings. The van der Waals surface area contributed by atoms with Crippen LogP contribution in [0.4, 0.5) is 0 Å². The van der Waals surface area contributed by atoms with Crippen molar-refractivity contribution in [3.63, 3.8) is 0 Å². The number of hydrogen-bond donors (Lipinski definition) is 1. The molecule has 2 aromatic rings. The van der Waals surface area contributed by atoms with Crippen LogP contribution in [0.15, 0.2) is 35.3 Å². The van der Waals surface area contributed by atoms with Gasteiger partial charge in [-0.3, -0.25) is 4.79 Å². The minimum atomic E-state index is -0.0332. The summed E-state index contributed by atoms with van der Waals surface area (Å²) in [5.41, 5.74) is -0.0332. The maximum atomic E-state index is 12.2. The highest BCUT2D eigenvalue weighted by Gasteiger charge is 2.02. The third-order valence-electron chi connectivity index (χ3n) is 3.33. The van der Waals surface area contributed by atoms with Gasteiger partial charge in [0, 0.05) is 25.1 Å². The Morgan fingerprint density at radius 1 is 1.24 bits per heavy atom. The molecule has 0 atom stereocenters. The van der Waals surface area contributed by atoms with Gasteiger partial charge in [-0.1, -0.05) is 31.5 Å². The molecule has 0 saturated heterocycles. The van der Waals surface area contributed by atoms with Gasteiger partial charge < -0.3 is 10.1 Å². The van der Waals surface area contributed by atoms with E-state index in [0.717, 1.165) is 36.8 Å². The van der Waals surface area contributed by atoms with Crippen LogP contribution in [0.1, 0.15) is 19.8 Å². The molecule has 0 radical (unpaired) electrons. The summed E-state index contributed by atoms with van der Waals surface area (Å²) in [7, 11) is 0. The summed E-state index contributed by atoms with van der Waals surface area (Å²) in [6, 6.07) is 7.53. The van der Waals surface area contributed by atoms with E-state index in [1.165, 1.54) is 4.68 Å². The summed E-state index contributed by atoms with van der Waals surface area (Å²) in [6.45, 7) is 5.76. The van der Waals surface area contributed by atoms with Crippen LogP contribution >= 0.6 is 0 Å². The molecule has 1 aromatic heterocycles. The lowest BCUT2D eigenvalue weighted by Gasteiger charge is -2.08. The van der Waals surface area contributed by atoms with Crippen LogP contribution in [0.5, 0.6) is 0 Å². The molecule has 5 nitrogen and oxygen atoms in total. The molecule has 0 bridgehead atoms. The van der Waals surface area contributed by atoms with E-state index in [2.05, 4.69) is 17.3 Å². The molecule has 0 saturated carbocycles. The van der Waals surface area contributed by atoms with Gasteiger partial charge in [0.2, 0.25) is 0 Å². The first kappa shape index (κ1) is 15.7. The highest BCUT2D eigenvalue weighted by atomic mass is 16.5. The Bertz CT molecular complexity index is 610. The van der Waals surface area contributed by atoms with Gasteiger partial charge in [-0.25, -0.2) is 4.68 Å². The third kappa shape index (κ3) is 4.65. The lowest BCUT2D eigenvalue weighted by Crippen LogP contribution is -2.30. The van der Waals surface area contributed by atoms with Crippen LogP contribution in [0, 0.1) is 0 Å². The number of nitrogens with zero attached hydrogens (tertiary/aromatic N) is 2. The van der Waals surface area contributed by atoms with Crippen molar-refractivity contribution >= 4 is 10.8 Å². The zero-order valence-corrected chi connectivity index (χ0v) is 12.5. The smallest absolute Gasteiger partial charge is 0.274 e. The fraction of sp³-hybridized carbons (Fsp3) is 0.500. The van der Waals surface area contributed by atoms with Crippen molar-refractivity contribution in [3.05, 3.63) is 40.8 Å². The van der Waals surface area contributed by atoms with Gasteiger partial charge in [0.25, 0.3) is 5.56 Å². The highest BCUT2D eigenvalue weighted by Crippen LogP contribution is 2.05. The zero-order chi connectivity index (χ0) is 14.9. The first-order valence-corrected chi connectivity index (χ1v) is 7.56. The van der Waals surface area contributed by atoms with Crippen molar-refractivity contribution in [2.45, 2.75) is 26.3 Å². The summed E-state index contributed by atoms with van der Waals surface area (Å²) in [6.07, 6.45) is 4.00. The number of ether oxygens (including phenoxy) is 1. The predicted molar refractivity (Wildman–Crippen MR) is 84.6 cm³/mol. The van der Waals surface area contributed by atoms with Gasteiger partial charge in [-0.15, -0.1) is 0 Å². The summed E-state index contributed by atoms with van der Waals surface area (Å²) < 4.78 is 6.97. The summed E-state index contributed by atoms with van der Waals surface area (Å²) >= 11 is 0. The Kier molecular flexibility index (Phi) is 6.37. The first-order valence-electron chi connectivity index (χ1n) is 7.56. The second kappa shape index (κ2) is 8.54. The van der Waals surface area contributed by atoms with Crippen LogP contribution in [0.3, 0.4) is 0 Å². The van der Waals surface area contributed by atoms with Crippen LogP contribution in [0.2, 0.25) is 0 Å². The van der Waals surface area contributed by atoms with E-state index in [9.17, 15) is 4.79 Å². The topological polar surface area (TPSA) is 56.1 Å². The second-order valence-corrected chi connectivity index (χ2v) is 4.98. The van der Waals surface area contributed by atoms with Crippen molar-refractivity contribution in [2.24, 2.45) is 0 Å². The van der Waals surface area contributed by atoms with Crippen molar-refractivity contribution in [1.82, 2.24) is 15.1 Å². The van der Waals surface area contributed by atoms with Crippen molar-refractivity contribution in [3.8, 4) is 0 Å². The zero-order valence-electron chi connectivity index (χ0n) is 12.5. The number of aromatic nitrogens is 2. The maximum Gasteiger partial charge on any atom is 0.274 e. The summed E-state index contributed by atoms with van der Waals surface area (Å²) in [5.74, 6) is 0. The van der Waals surface area contributed by atoms with Gasteiger partial charge >= 0.3 is 0 Å². The third-order valence-corrected chi connectivity index (χ3v) is 3.33. The largest absolute Gasteiger partial charge is 0.380 e. The van der Waals surface area contributed by atoms with E-state index in [1.807, 2.05) is 24.3 Å². The molecule has 0 unspecified atom stereocenters. The van der Waals surface area contributed by atoms with Crippen LogP contribution in [-0.2, 0) is 11.3 Å². The van der Waals surface area contributed by atoms with Crippen molar-refractivity contribution in [2.75, 3.05) is 26.3 Å². The molecular weight excluding hydrogens is 266 g/mol.